The Bertz CT molecular complexity index is 852. The van der Waals surface area contributed by atoms with Gasteiger partial charge in [0.05, 0.1) is 0 Å². The van der Waals surface area contributed by atoms with Crippen LogP contribution in [0.2, 0.25) is 0 Å². The minimum Gasteiger partial charge on any atom is -0.322 e. The molecule has 0 aliphatic carbocycles. The van der Waals surface area contributed by atoms with Crippen molar-refractivity contribution in [3.05, 3.63) is 34.9 Å². The Kier molecular flexibility index (Phi) is 4.87. The molecule has 3 amide bonds. The van der Waals surface area contributed by atoms with Gasteiger partial charge in [0, 0.05) is 31.1 Å². The first-order chi connectivity index (χ1) is 14.1. The Hall–Kier alpha value is -2.25. The summed E-state index contributed by atoms with van der Waals surface area (Å²) in [7, 11) is 0. The number of carbonyl (C=O) groups is 3. The first-order valence-electron chi connectivity index (χ1n) is 10.8. The number of rotatable bonds is 3. The first kappa shape index (κ1) is 18.8. The molecular formula is C22H28N4O3. The molecule has 7 heteroatoms. The molecule has 154 valence electrons. The lowest BCUT2D eigenvalue weighted by Gasteiger charge is -2.44. The van der Waals surface area contributed by atoms with Crippen molar-refractivity contribution in [2.24, 2.45) is 5.92 Å². The zero-order valence-electron chi connectivity index (χ0n) is 16.7. The van der Waals surface area contributed by atoms with Crippen molar-refractivity contribution in [2.45, 2.75) is 57.3 Å². The molecule has 4 aliphatic rings. The molecule has 3 saturated heterocycles. The Balaban J connectivity index is 1.37. The van der Waals surface area contributed by atoms with Crippen LogP contribution in [-0.2, 0) is 22.7 Å². The quantitative estimate of drug-likeness (QED) is 0.746. The second kappa shape index (κ2) is 7.54. The van der Waals surface area contributed by atoms with E-state index in [0.717, 1.165) is 37.7 Å². The van der Waals surface area contributed by atoms with E-state index in [4.69, 9.17) is 0 Å². The monoisotopic (exact) mass is 396 g/mol. The molecule has 5 rings (SSSR count). The fourth-order valence-corrected chi connectivity index (χ4v) is 5.62. The van der Waals surface area contributed by atoms with E-state index >= 15 is 0 Å². The van der Waals surface area contributed by atoms with Gasteiger partial charge in [0.25, 0.3) is 5.91 Å². The van der Waals surface area contributed by atoms with Gasteiger partial charge in [-0.25, -0.2) is 0 Å². The number of amides is 3. The summed E-state index contributed by atoms with van der Waals surface area (Å²) in [5.41, 5.74) is 2.97. The van der Waals surface area contributed by atoms with Crippen molar-refractivity contribution in [2.75, 3.05) is 19.6 Å². The molecule has 29 heavy (non-hydrogen) atoms. The molecule has 2 N–H and O–H groups in total. The number of hydrogen-bond donors (Lipinski definition) is 2. The molecular weight excluding hydrogens is 368 g/mol. The third-order valence-corrected chi connectivity index (χ3v) is 7.11. The molecule has 0 bridgehead atoms. The minimum absolute atomic E-state index is 0.0882. The van der Waals surface area contributed by atoms with Crippen molar-refractivity contribution in [3.63, 3.8) is 0 Å². The van der Waals surface area contributed by atoms with Gasteiger partial charge in [-0.3, -0.25) is 24.6 Å². The second-order valence-electron chi connectivity index (χ2n) is 8.78. The highest BCUT2D eigenvalue weighted by molar-refractivity contribution is 6.05. The molecule has 3 unspecified atom stereocenters. The fraction of sp³-hybridized carbons (Fsp3) is 0.591. The summed E-state index contributed by atoms with van der Waals surface area (Å²) >= 11 is 0. The molecule has 0 spiro atoms. The third kappa shape index (κ3) is 3.36. The van der Waals surface area contributed by atoms with Gasteiger partial charge in [-0.05, 0) is 68.4 Å². The Morgan fingerprint density at radius 1 is 1.10 bits per heavy atom. The number of carbonyl (C=O) groups excluding carboxylic acids is 3. The van der Waals surface area contributed by atoms with Crippen LogP contribution in [0, 0.1) is 5.92 Å². The highest BCUT2D eigenvalue weighted by atomic mass is 16.2. The number of nitrogens with zero attached hydrogens (tertiary/aromatic N) is 2. The highest BCUT2D eigenvalue weighted by Crippen LogP contribution is 2.33. The molecule has 0 saturated carbocycles. The van der Waals surface area contributed by atoms with E-state index in [-0.39, 0.29) is 24.1 Å². The van der Waals surface area contributed by atoms with E-state index in [0.29, 0.717) is 24.6 Å². The number of likely N-dealkylation sites (tertiary alicyclic amines) is 1. The summed E-state index contributed by atoms with van der Waals surface area (Å²) in [4.78, 5) is 41.1. The smallest absolute Gasteiger partial charge is 0.255 e. The van der Waals surface area contributed by atoms with Crippen LogP contribution < -0.4 is 10.6 Å². The number of piperidine rings is 3. The van der Waals surface area contributed by atoms with E-state index < -0.39 is 6.04 Å². The van der Waals surface area contributed by atoms with Crippen LogP contribution in [0.3, 0.4) is 0 Å². The van der Waals surface area contributed by atoms with Crippen molar-refractivity contribution in [1.82, 2.24) is 20.4 Å². The summed E-state index contributed by atoms with van der Waals surface area (Å²) in [6.07, 6.45) is 4.39. The lowest BCUT2D eigenvalue weighted by Crippen LogP contribution is -2.52. The molecule has 1 aromatic rings. The number of benzene rings is 1. The fourth-order valence-electron chi connectivity index (χ4n) is 5.62. The minimum atomic E-state index is -0.552. The Labute approximate surface area is 170 Å². The molecule has 3 fully saturated rings. The van der Waals surface area contributed by atoms with Gasteiger partial charge in [-0.2, -0.15) is 0 Å². The van der Waals surface area contributed by atoms with Crippen LogP contribution in [0.5, 0.6) is 0 Å². The molecule has 4 heterocycles. The maximum absolute atomic E-state index is 13.0. The van der Waals surface area contributed by atoms with Crippen molar-refractivity contribution < 1.29 is 14.4 Å². The predicted molar refractivity (Wildman–Crippen MR) is 107 cm³/mol. The van der Waals surface area contributed by atoms with Crippen LogP contribution in [0.1, 0.15) is 53.6 Å². The lowest BCUT2D eigenvalue weighted by molar-refractivity contribution is -0.136. The second-order valence-corrected chi connectivity index (χ2v) is 8.78. The summed E-state index contributed by atoms with van der Waals surface area (Å²) in [5, 5.41) is 5.90. The summed E-state index contributed by atoms with van der Waals surface area (Å²) in [5.74, 6) is 0.0286. The lowest BCUT2D eigenvalue weighted by atomic mass is 9.84. The number of imide groups is 1. The van der Waals surface area contributed by atoms with Crippen LogP contribution in [0.4, 0.5) is 0 Å². The average Bonchev–Trinajstić information content (AvgIpc) is 3.06. The van der Waals surface area contributed by atoms with Gasteiger partial charge in [0.15, 0.2) is 0 Å². The van der Waals surface area contributed by atoms with Crippen LogP contribution >= 0.6 is 0 Å². The van der Waals surface area contributed by atoms with Gasteiger partial charge >= 0.3 is 0 Å². The number of hydrogen-bond acceptors (Lipinski definition) is 5. The van der Waals surface area contributed by atoms with Crippen LogP contribution in [-0.4, -0.2) is 59.2 Å². The molecule has 1 aromatic carbocycles. The van der Waals surface area contributed by atoms with E-state index in [1.165, 1.54) is 24.8 Å². The SMILES string of the molecule is O=C1CCC(N2Cc3c(CN4CCCC5CNCCC54)cccc3C2=O)C(=O)N1. The van der Waals surface area contributed by atoms with Gasteiger partial charge in [-0.15, -0.1) is 0 Å². The first-order valence-corrected chi connectivity index (χ1v) is 10.8. The molecule has 4 aliphatic heterocycles. The molecule has 3 atom stereocenters. The molecule has 0 radical (unpaired) electrons. The normalized spacial score (nSPS) is 30.1. The third-order valence-electron chi connectivity index (χ3n) is 7.11. The molecule has 0 aromatic heterocycles. The highest BCUT2D eigenvalue weighted by Gasteiger charge is 2.40. The maximum atomic E-state index is 13.0. The van der Waals surface area contributed by atoms with Gasteiger partial charge < -0.3 is 10.2 Å². The van der Waals surface area contributed by atoms with Crippen LogP contribution in [0.15, 0.2) is 18.2 Å². The van der Waals surface area contributed by atoms with Crippen LogP contribution in [0.25, 0.3) is 0 Å². The summed E-state index contributed by atoms with van der Waals surface area (Å²) in [6.45, 7) is 4.61. The molecule has 7 nitrogen and oxygen atoms in total. The van der Waals surface area contributed by atoms with E-state index in [2.05, 4.69) is 21.6 Å². The Morgan fingerprint density at radius 2 is 2.00 bits per heavy atom. The number of nitrogens with one attached hydrogen (secondary N) is 2. The largest absolute Gasteiger partial charge is 0.322 e. The van der Waals surface area contributed by atoms with Crippen molar-refractivity contribution >= 4 is 17.7 Å². The topological polar surface area (TPSA) is 81.8 Å². The number of fused-ring (bicyclic) bond motifs is 2. The van der Waals surface area contributed by atoms with Gasteiger partial charge in [0.2, 0.25) is 11.8 Å². The zero-order valence-corrected chi connectivity index (χ0v) is 16.7. The van der Waals surface area contributed by atoms with E-state index in [9.17, 15) is 14.4 Å². The van der Waals surface area contributed by atoms with Crippen molar-refractivity contribution in [1.29, 1.82) is 0 Å². The van der Waals surface area contributed by atoms with E-state index in [1.807, 2.05) is 12.1 Å². The zero-order chi connectivity index (χ0) is 20.0. The Morgan fingerprint density at radius 3 is 2.86 bits per heavy atom. The van der Waals surface area contributed by atoms with E-state index in [1.54, 1.807) is 4.90 Å². The van der Waals surface area contributed by atoms with Crippen molar-refractivity contribution in [3.8, 4) is 0 Å². The average molecular weight is 396 g/mol. The van der Waals surface area contributed by atoms with Gasteiger partial charge in [0.1, 0.15) is 6.04 Å². The van der Waals surface area contributed by atoms with Gasteiger partial charge in [-0.1, -0.05) is 12.1 Å². The standard InChI is InChI=1S/C22H28N4O3/c27-20-7-6-19(21(28)24-20)26-13-17-15(3-1-5-16(17)22(26)29)12-25-10-2-4-14-11-23-9-8-18(14)25/h1,3,5,14,18-19,23H,2,4,6-13H2,(H,24,27,28). The predicted octanol–water partition coefficient (Wildman–Crippen LogP) is 1.02. The summed E-state index contributed by atoms with van der Waals surface area (Å²) in [6, 6.07) is 6.03. The maximum Gasteiger partial charge on any atom is 0.255 e. The summed E-state index contributed by atoms with van der Waals surface area (Å²) < 4.78 is 0.